The molecule has 2 aromatic rings. The number of nitrogens with zero attached hydrogens (tertiary/aromatic N) is 3. The SMILES string of the molecule is CCOc1ccc([C@@H]2C(C(N)=O)=C(C)Nc3ncnn32)cc1OCC. The van der Waals surface area contributed by atoms with E-state index >= 15 is 0 Å². The number of nitrogens with two attached hydrogens (primary N) is 1. The molecule has 25 heavy (non-hydrogen) atoms. The number of hydrogen-bond donors (Lipinski definition) is 2. The van der Waals surface area contributed by atoms with Crippen LogP contribution in [0.15, 0.2) is 35.8 Å². The van der Waals surface area contributed by atoms with Crippen LogP contribution < -0.4 is 20.5 Å². The Bertz CT molecular complexity index is 827. The molecule has 1 aromatic heterocycles. The summed E-state index contributed by atoms with van der Waals surface area (Å²) in [5, 5.41) is 7.30. The van der Waals surface area contributed by atoms with Crippen LogP contribution in [0.3, 0.4) is 0 Å². The largest absolute Gasteiger partial charge is 0.490 e. The van der Waals surface area contributed by atoms with Crippen LogP contribution in [0.1, 0.15) is 32.4 Å². The first kappa shape index (κ1) is 16.8. The highest BCUT2D eigenvalue weighted by Crippen LogP contribution is 2.38. The van der Waals surface area contributed by atoms with E-state index in [4.69, 9.17) is 15.2 Å². The molecule has 0 bridgehead atoms. The molecule has 3 N–H and O–H groups in total. The molecule has 3 rings (SSSR count). The molecule has 0 saturated heterocycles. The van der Waals surface area contributed by atoms with Gasteiger partial charge in [-0.05, 0) is 38.5 Å². The second kappa shape index (κ2) is 6.84. The molecule has 1 atom stereocenters. The van der Waals surface area contributed by atoms with Gasteiger partial charge in [-0.2, -0.15) is 10.1 Å². The maximum atomic E-state index is 12.1. The van der Waals surface area contributed by atoms with Gasteiger partial charge in [-0.3, -0.25) is 4.79 Å². The summed E-state index contributed by atoms with van der Waals surface area (Å²) < 4.78 is 12.9. The Morgan fingerprint density at radius 1 is 1.28 bits per heavy atom. The van der Waals surface area contributed by atoms with Crippen molar-refractivity contribution in [2.45, 2.75) is 26.8 Å². The van der Waals surface area contributed by atoms with Crippen molar-refractivity contribution in [1.82, 2.24) is 14.8 Å². The van der Waals surface area contributed by atoms with Gasteiger partial charge in [0.2, 0.25) is 11.9 Å². The minimum atomic E-state index is -0.511. The molecule has 132 valence electrons. The Balaban J connectivity index is 2.13. The monoisotopic (exact) mass is 343 g/mol. The topological polar surface area (TPSA) is 104 Å². The minimum absolute atomic E-state index is 0.435. The van der Waals surface area contributed by atoms with Crippen LogP contribution in [0.4, 0.5) is 5.95 Å². The number of nitrogens with one attached hydrogen (secondary N) is 1. The number of ether oxygens (including phenoxy) is 2. The van der Waals surface area contributed by atoms with Crippen molar-refractivity contribution in [3.05, 3.63) is 41.4 Å². The first-order chi connectivity index (χ1) is 12.1. The van der Waals surface area contributed by atoms with Gasteiger partial charge in [0.1, 0.15) is 12.4 Å². The number of amides is 1. The second-order valence-corrected chi connectivity index (χ2v) is 5.53. The minimum Gasteiger partial charge on any atom is -0.490 e. The zero-order valence-electron chi connectivity index (χ0n) is 14.4. The maximum absolute atomic E-state index is 12.1. The number of carbonyl (C=O) groups excluding carboxylic acids is 1. The molecule has 0 radical (unpaired) electrons. The summed E-state index contributed by atoms with van der Waals surface area (Å²) >= 11 is 0. The van der Waals surface area contributed by atoms with E-state index in [1.165, 1.54) is 6.33 Å². The van der Waals surface area contributed by atoms with Gasteiger partial charge >= 0.3 is 0 Å². The fourth-order valence-corrected chi connectivity index (χ4v) is 2.96. The molecule has 1 aliphatic rings. The first-order valence-corrected chi connectivity index (χ1v) is 8.13. The van der Waals surface area contributed by atoms with Gasteiger partial charge < -0.3 is 20.5 Å². The van der Waals surface area contributed by atoms with E-state index in [-0.39, 0.29) is 0 Å². The lowest BCUT2D eigenvalue weighted by Crippen LogP contribution is -2.31. The molecule has 1 aromatic carbocycles. The maximum Gasteiger partial charge on any atom is 0.248 e. The van der Waals surface area contributed by atoms with Crippen molar-refractivity contribution in [1.29, 1.82) is 0 Å². The lowest BCUT2D eigenvalue weighted by Gasteiger charge is -2.28. The molecule has 0 spiro atoms. The number of carbonyl (C=O) groups is 1. The Hall–Kier alpha value is -3.03. The Morgan fingerprint density at radius 2 is 2.00 bits per heavy atom. The third-order valence-corrected chi connectivity index (χ3v) is 3.94. The van der Waals surface area contributed by atoms with Gasteiger partial charge in [0.15, 0.2) is 11.5 Å². The summed E-state index contributed by atoms with van der Waals surface area (Å²) in [5.74, 6) is 1.31. The standard InChI is InChI=1S/C17H21N5O3/c1-4-24-12-7-6-11(8-13(12)25-5-2)15-14(16(18)23)10(3)21-17-19-9-20-22(15)17/h6-9,15H,4-5H2,1-3H3,(H2,18,23)(H,19,20,21)/t15-/m1/s1. The normalized spacial score (nSPS) is 16.2. The zero-order chi connectivity index (χ0) is 18.0. The number of aromatic nitrogens is 3. The molecule has 0 unspecified atom stereocenters. The van der Waals surface area contributed by atoms with Crippen molar-refractivity contribution < 1.29 is 14.3 Å². The van der Waals surface area contributed by atoms with Crippen molar-refractivity contribution >= 4 is 11.9 Å². The average Bonchev–Trinajstić information content (AvgIpc) is 3.03. The molecule has 2 heterocycles. The molecule has 0 saturated carbocycles. The molecule has 1 aliphatic heterocycles. The lowest BCUT2D eigenvalue weighted by atomic mass is 9.95. The molecule has 8 heteroatoms. The van der Waals surface area contributed by atoms with E-state index in [1.54, 1.807) is 11.6 Å². The smallest absolute Gasteiger partial charge is 0.248 e. The highest BCUT2D eigenvalue weighted by Gasteiger charge is 2.32. The number of rotatable bonds is 6. The van der Waals surface area contributed by atoms with Gasteiger partial charge in [-0.15, -0.1) is 0 Å². The van der Waals surface area contributed by atoms with Crippen LogP contribution in [0.5, 0.6) is 11.5 Å². The van der Waals surface area contributed by atoms with Gasteiger partial charge in [-0.25, -0.2) is 4.68 Å². The number of allylic oxidation sites excluding steroid dienone is 1. The Labute approximate surface area is 145 Å². The fraction of sp³-hybridized carbons (Fsp3) is 0.353. The van der Waals surface area contributed by atoms with E-state index in [1.807, 2.05) is 32.0 Å². The van der Waals surface area contributed by atoms with Crippen LogP contribution in [0.25, 0.3) is 0 Å². The van der Waals surface area contributed by atoms with Crippen LogP contribution in [0.2, 0.25) is 0 Å². The summed E-state index contributed by atoms with van der Waals surface area (Å²) in [6.45, 7) is 6.65. The van der Waals surface area contributed by atoms with Gasteiger partial charge in [-0.1, -0.05) is 6.07 Å². The van der Waals surface area contributed by atoms with E-state index < -0.39 is 11.9 Å². The summed E-state index contributed by atoms with van der Waals surface area (Å²) in [4.78, 5) is 16.2. The number of anilines is 1. The van der Waals surface area contributed by atoms with Crippen LogP contribution >= 0.6 is 0 Å². The molecular weight excluding hydrogens is 322 g/mol. The highest BCUT2D eigenvalue weighted by atomic mass is 16.5. The lowest BCUT2D eigenvalue weighted by molar-refractivity contribution is -0.115. The quantitative estimate of drug-likeness (QED) is 0.829. The Kier molecular flexibility index (Phi) is 4.60. The molecule has 0 aliphatic carbocycles. The van der Waals surface area contributed by atoms with Crippen LogP contribution in [0, 0.1) is 0 Å². The molecule has 0 fully saturated rings. The van der Waals surface area contributed by atoms with Gasteiger partial charge in [0, 0.05) is 5.70 Å². The predicted octanol–water partition coefficient (Wildman–Crippen LogP) is 1.85. The summed E-state index contributed by atoms with van der Waals surface area (Å²) in [5.41, 5.74) is 7.54. The second-order valence-electron chi connectivity index (χ2n) is 5.53. The molecular formula is C17H21N5O3. The molecule has 8 nitrogen and oxygen atoms in total. The highest BCUT2D eigenvalue weighted by molar-refractivity contribution is 5.95. The summed E-state index contributed by atoms with van der Waals surface area (Å²) in [6, 6.07) is 5.08. The first-order valence-electron chi connectivity index (χ1n) is 8.13. The van der Waals surface area contributed by atoms with Gasteiger partial charge in [0.05, 0.1) is 18.8 Å². The summed E-state index contributed by atoms with van der Waals surface area (Å²) in [7, 11) is 0. The number of benzene rings is 1. The Morgan fingerprint density at radius 3 is 2.68 bits per heavy atom. The molecule has 1 amide bonds. The third kappa shape index (κ3) is 3.02. The zero-order valence-corrected chi connectivity index (χ0v) is 14.4. The fourth-order valence-electron chi connectivity index (χ4n) is 2.96. The number of primary amides is 1. The van der Waals surface area contributed by atoms with E-state index in [9.17, 15) is 4.79 Å². The van der Waals surface area contributed by atoms with E-state index in [2.05, 4.69) is 15.4 Å². The third-order valence-electron chi connectivity index (χ3n) is 3.94. The summed E-state index contributed by atoms with van der Waals surface area (Å²) in [6.07, 6.45) is 1.44. The van der Waals surface area contributed by atoms with Crippen LogP contribution in [-0.2, 0) is 4.79 Å². The van der Waals surface area contributed by atoms with Crippen molar-refractivity contribution in [3.63, 3.8) is 0 Å². The van der Waals surface area contributed by atoms with Crippen molar-refractivity contribution in [2.24, 2.45) is 5.73 Å². The average molecular weight is 343 g/mol. The number of hydrogen-bond acceptors (Lipinski definition) is 6. The van der Waals surface area contributed by atoms with Crippen molar-refractivity contribution in [3.8, 4) is 11.5 Å². The number of fused-ring (bicyclic) bond motifs is 1. The van der Waals surface area contributed by atoms with Crippen molar-refractivity contribution in [2.75, 3.05) is 18.5 Å². The van der Waals surface area contributed by atoms with Crippen LogP contribution in [-0.4, -0.2) is 33.9 Å². The van der Waals surface area contributed by atoms with Gasteiger partial charge in [0.25, 0.3) is 0 Å². The van der Waals surface area contributed by atoms with E-state index in [0.29, 0.717) is 41.9 Å². The van der Waals surface area contributed by atoms with E-state index in [0.717, 1.165) is 5.56 Å². The predicted molar refractivity (Wildman–Crippen MR) is 92.5 cm³/mol.